The molecule has 1 aliphatic rings. The predicted molar refractivity (Wildman–Crippen MR) is 126 cm³/mol. The van der Waals surface area contributed by atoms with Gasteiger partial charge in [0.05, 0.1) is 18.8 Å². The Morgan fingerprint density at radius 2 is 2.00 bits per heavy atom. The Balaban J connectivity index is 1.38. The molecule has 1 fully saturated rings. The van der Waals surface area contributed by atoms with Crippen molar-refractivity contribution in [2.45, 2.75) is 39.2 Å². The number of pyridine rings is 3. The number of carbonyl (C=O) groups is 1. The molecule has 1 aliphatic heterocycles. The van der Waals surface area contributed by atoms with Crippen LogP contribution in [-0.2, 0) is 11.3 Å². The standard InChI is InChI=1S/C25H30N6O/c1-18-7-5-11-27-25(18)30-22-13-19(2)29-23(14-22)20-8-6-12-31(16-20)17-24(32)28-15-21-9-3-4-10-26-21/h3-5,7,9-11,13-14,20H,6,8,12,15-17H2,1-2H3,(H,28,32)(H,27,29,30)/t20-/m1/s1. The smallest absolute Gasteiger partial charge is 0.234 e. The molecule has 0 spiro atoms. The molecule has 0 radical (unpaired) electrons. The van der Waals surface area contributed by atoms with E-state index in [0.717, 1.165) is 60.1 Å². The van der Waals surface area contributed by atoms with Crippen LogP contribution in [0.4, 0.5) is 11.5 Å². The summed E-state index contributed by atoms with van der Waals surface area (Å²) < 4.78 is 0. The minimum Gasteiger partial charge on any atom is -0.349 e. The Kier molecular flexibility index (Phi) is 7.07. The van der Waals surface area contributed by atoms with Crippen LogP contribution in [0.2, 0.25) is 0 Å². The lowest BCUT2D eigenvalue weighted by Gasteiger charge is -2.32. The van der Waals surface area contributed by atoms with Crippen LogP contribution in [0, 0.1) is 13.8 Å². The van der Waals surface area contributed by atoms with Crippen LogP contribution in [0.3, 0.4) is 0 Å². The number of aryl methyl sites for hydroxylation is 2. The third-order valence-corrected chi connectivity index (χ3v) is 5.73. The van der Waals surface area contributed by atoms with Crippen LogP contribution < -0.4 is 10.6 Å². The van der Waals surface area contributed by atoms with E-state index in [1.165, 1.54) is 0 Å². The SMILES string of the molecule is Cc1cc(Nc2ncccc2C)cc([C@@H]2CCCN(CC(=O)NCc3ccccn3)C2)n1. The van der Waals surface area contributed by atoms with Gasteiger partial charge in [0.25, 0.3) is 0 Å². The van der Waals surface area contributed by atoms with Crippen LogP contribution in [0.1, 0.15) is 41.4 Å². The number of amides is 1. The second-order valence-electron chi connectivity index (χ2n) is 8.39. The van der Waals surface area contributed by atoms with Gasteiger partial charge < -0.3 is 10.6 Å². The number of nitrogens with zero attached hydrogens (tertiary/aromatic N) is 4. The van der Waals surface area contributed by atoms with Gasteiger partial charge in [0, 0.05) is 41.9 Å². The van der Waals surface area contributed by atoms with Gasteiger partial charge in [0.15, 0.2) is 0 Å². The van der Waals surface area contributed by atoms with Crippen molar-refractivity contribution in [3.63, 3.8) is 0 Å². The molecule has 2 N–H and O–H groups in total. The van der Waals surface area contributed by atoms with Crippen molar-refractivity contribution in [1.82, 2.24) is 25.2 Å². The lowest BCUT2D eigenvalue weighted by molar-refractivity contribution is -0.122. The van der Waals surface area contributed by atoms with Crippen LogP contribution >= 0.6 is 0 Å². The molecular formula is C25H30N6O. The highest BCUT2D eigenvalue weighted by Crippen LogP contribution is 2.28. The quantitative estimate of drug-likeness (QED) is 0.594. The number of piperidine rings is 1. The summed E-state index contributed by atoms with van der Waals surface area (Å²) in [5.41, 5.74) is 5.01. The Morgan fingerprint density at radius 3 is 2.81 bits per heavy atom. The van der Waals surface area contributed by atoms with Gasteiger partial charge in [-0.05, 0) is 69.1 Å². The molecule has 0 aliphatic carbocycles. The molecule has 7 nitrogen and oxygen atoms in total. The fourth-order valence-electron chi connectivity index (χ4n) is 4.12. The second-order valence-corrected chi connectivity index (χ2v) is 8.39. The van der Waals surface area contributed by atoms with Crippen molar-refractivity contribution in [1.29, 1.82) is 0 Å². The van der Waals surface area contributed by atoms with Crippen molar-refractivity contribution >= 4 is 17.4 Å². The number of carbonyl (C=O) groups excluding carboxylic acids is 1. The number of hydrogen-bond donors (Lipinski definition) is 2. The summed E-state index contributed by atoms with van der Waals surface area (Å²) in [4.78, 5) is 28.2. The van der Waals surface area contributed by atoms with E-state index in [4.69, 9.17) is 4.98 Å². The molecule has 7 heteroatoms. The summed E-state index contributed by atoms with van der Waals surface area (Å²) in [6.07, 6.45) is 5.66. The Hall–Kier alpha value is -3.32. The maximum absolute atomic E-state index is 12.5. The first-order valence-corrected chi connectivity index (χ1v) is 11.1. The van der Waals surface area contributed by atoms with Crippen molar-refractivity contribution < 1.29 is 4.79 Å². The van der Waals surface area contributed by atoms with Crippen LogP contribution in [0.25, 0.3) is 0 Å². The van der Waals surface area contributed by atoms with Crippen molar-refractivity contribution in [2.75, 3.05) is 25.0 Å². The monoisotopic (exact) mass is 430 g/mol. The second kappa shape index (κ2) is 10.3. The van der Waals surface area contributed by atoms with Crippen LogP contribution in [0.15, 0.2) is 54.9 Å². The summed E-state index contributed by atoms with van der Waals surface area (Å²) >= 11 is 0. The Morgan fingerprint density at radius 1 is 1.12 bits per heavy atom. The first-order chi connectivity index (χ1) is 15.6. The maximum atomic E-state index is 12.5. The number of aromatic nitrogens is 3. The highest BCUT2D eigenvalue weighted by molar-refractivity contribution is 5.78. The number of hydrogen-bond acceptors (Lipinski definition) is 6. The normalized spacial score (nSPS) is 16.5. The third-order valence-electron chi connectivity index (χ3n) is 5.73. The van der Waals surface area contributed by atoms with Gasteiger partial charge >= 0.3 is 0 Å². The zero-order chi connectivity index (χ0) is 22.3. The molecule has 3 aromatic rings. The van der Waals surface area contributed by atoms with Gasteiger partial charge in [-0.2, -0.15) is 0 Å². The highest BCUT2D eigenvalue weighted by atomic mass is 16.2. The molecule has 1 atom stereocenters. The van der Waals surface area contributed by atoms with Gasteiger partial charge in [-0.25, -0.2) is 4.98 Å². The fraction of sp³-hybridized carbons (Fsp3) is 0.360. The number of likely N-dealkylation sites (tertiary alicyclic amines) is 1. The zero-order valence-corrected chi connectivity index (χ0v) is 18.7. The average Bonchev–Trinajstić information content (AvgIpc) is 2.80. The van der Waals surface area contributed by atoms with Crippen molar-refractivity contribution in [3.8, 4) is 0 Å². The lowest BCUT2D eigenvalue weighted by Crippen LogP contribution is -2.42. The first kappa shape index (κ1) is 21.9. The predicted octanol–water partition coefficient (Wildman–Crippen LogP) is 3.73. The largest absolute Gasteiger partial charge is 0.349 e. The van der Waals surface area contributed by atoms with E-state index in [2.05, 4.69) is 31.6 Å². The molecule has 1 saturated heterocycles. The van der Waals surface area contributed by atoms with Gasteiger partial charge in [-0.3, -0.25) is 19.7 Å². The van der Waals surface area contributed by atoms with Gasteiger partial charge in [-0.15, -0.1) is 0 Å². The molecule has 0 bridgehead atoms. The Bertz CT molecular complexity index is 1060. The summed E-state index contributed by atoms with van der Waals surface area (Å²) in [5, 5.41) is 6.41. The molecular weight excluding hydrogens is 400 g/mol. The minimum absolute atomic E-state index is 0.0292. The molecule has 0 saturated carbocycles. The third kappa shape index (κ3) is 5.88. The van der Waals surface area contributed by atoms with Gasteiger partial charge in [0.1, 0.15) is 5.82 Å². The summed E-state index contributed by atoms with van der Waals surface area (Å²) in [6, 6.07) is 13.9. The van der Waals surface area contributed by atoms with E-state index in [1.807, 2.05) is 50.2 Å². The first-order valence-electron chi connectivity index (χ1n) is 11.1. The summed E-state index contributed by atoms with van der Waals surface area (Å²) in [7, 11) is 0. The Labute approximate surface area is 189 Å². The molecule has 166 valence electrons. The summed E-state index contributed by atoms with van der Waals surface area (Å²) in [5.74, 6) is 1.19. The van der Waals surface area contributed by atoms with Crippen LogP contribution in [0.5, 0.6) is 0 Å². The molecule has 1 amide bonds. The van der Waals surface area contributed by atoms with Crippen LogP contribution in [-0.4, -0.2) is 45.4 Å². The van der Waals surface area contributed by atoms with Crippen molar-refractivity contribution in [2.24, 2.45) is 0 Å². The van der Waals surface area contributed by atoms with Gasteiger partial charge in [-0.1, -0.05) is 12.1 Å². The molecule has 0 aromatic carbocycles. The molecule has 4 heterocycles. The number of rotatable bonds is 7. The lowest BCUT2D eigenvalue weighted by atomic mass is 9.93. The van der Waals surface area contributed by atoms with Crippen molar-refractivity contribution in [3.05, 3.63) is 77.5 Å². The minimum atomic E-state index is 0.0292. The summed E-state index contributed by atoms with van der Waals surface area (Å²) in [6.45, 7) is 6.67. The zero-order valence-electron chi connectivity index (χ0n) is 18.7. The van der Waals surface area contributed by atoms with E-state index in [1.54, 1.807) is 12.4 Å². The maximum Gasteiger partial charge on any atom is 0.234 e. The molecule has 3 aromatic heterocycles. The van der Waals surface area contributed by atoms with E-state index in [-0.39, 0.29) is 5.91 Å². The van der Waals surface area contributed by atoms with E-state index in [9.17, 15) is 4.79 Å². The van der Waals surface area contributed by atoms with E-state index < -0.39 is 0 Å². The number of nitrogens with one attached hydrogen (secondary N) is 2. The van der Waals surface area contributed by atoms with E-state index >= 15 is 0 Å². The topological polar surface area (TPSA) is 83.0 Å². The molecule has 4 rings (SSSR count). The fourth-order valence-corrected chi connectivity index (χ4v) is 4.12. The number of anilines is 2. The van der Waals surface area contributed by atoms with Gasteiger partial charge in [0.2, 0.25) is 5.91 Å². The molecule has 0 unspecified atom stereocenters. The molecule has 32 heavy (non-hydrogen) atoms. The average molecular weight is 431 g/mol. The highest BCUT2D eigenvalue weighted by Gasteiger charge is 2.24. The van der Waals surface area contributed by atoms with E-state index in [0.29, 0.717) is 19.0 Å².